The average Bonchev–Trinajstić information content (AvgIpc) is 2.69. The molecule has 0 saturated carbocycles. The number of aliphatic carboxylic acids is 1. The molecule has 0 aliphatic carbocycles. The number of nitrogens with one attached hydrogen (secondary N) is 1. The molecule has 0 saturated heterocycles. The van der Waals surface area contributed by atoms with Crippen LogP contribution in [0.2, 0.25) is 0 Å². The zero-order valence-corrected chi connectivity index (χ0v) is 21.3. The van der Waals surface area contributed by atoms with Gasteiger partial charge in [-0.25, -0.2) is 0 Å². The van der Waals surface area contributed by atoms with Gasteiger partial charge in [0.05, 0.1) is 45.1 Å². The fourth-order valence-electron chi connectivity index (χ4n) is 1.99. The first-order valence-electron chi connectivity index (χ1n) is 10.5. The smallest absolute Gasteiger partial charge is 0.304 e. The van der Waals surface area contributed by atoms with Crippen molar-refractivity contribution in [2.75, 3.05) is 74.9 Å². The van der Waals surface area contributed by atoms with E-state index in [1.165, 1.54) is 0 Å². The molecule has 2 N–H and O–H groups in total. The Labute approximate surface area is 192 Å². The van der Waals surface area contributed by atoms with Gasteiger partial charge in [0.2, 0.25) is 0 Å². The maximum Gasteiger partial charge on any atom is 0.304 e. The normalized spacial score (nSPS) is 11.2. The second kappa shape index (κ2) is 24.6. The Morgan fingerprint density at radius 3 is 2.10 bits per heavy atom. The highest BCUT2D eigenvalue weighted by molar-refractivity contribution is 8.02. The van der Waals surface area contributed by atoms with Gasteiger partial charge in [0.1, 0.15) is 0 Å². The lowest BCUT2D eigenvalue weighted by molar-refractivity contribution is -0.136. The van der Waals surface area contributed by atoms with E-state index in [0.29, 0.717) is 26.4 Å². The molecule has 0 aromatic carbocycles. The van der Waals surface area contributed by atoms with Gasteiger partial charge in [-0.1, -0.05) is 13.8 Å². The van der Waals surface area contributed by atoms with Crippen LogP contribution < -0.4 is 5.32 Å². The fourth-order valence-corrected chi connectivity index (χ4v) is 3.90. The van der Waals surface area contributed by atoms with E-state index in [1.807, 2.05) is 37.4 Å². The third-order valence-electron chi connectivity index (χ3n) is 3.49. The summed E-state index contributed by atoms with van der Waals surface area (Å²) >= 11 is 7.90. The van der Waals surface area contributed by atoms with Crippen molar-refractivity contribution in [3.8, 4) is 0 Å². The highest BCUT2D eigenvalue weighted by Crippen LogP contribution is 2.15. The van der Waals surface area contributed by atoms with E-state index < -0.39 is 5.97 Å². The second-order valence-electron chi connectivity index (χ2n) is 6.42. The van der Waals surface area contributed by atoms with Crippen molar-refractivity contribution in [1.29, 1.82) is 0 Å². The number of ether oxygens (including phenoxy) is 3. The molecule has 0 rings (SSSR count). The summed E-state index contributed by atoms with van der Waals surface area (Å²) in [6.45, 7) is 12.9. The molecule has 6 nitrogen and oxygen atoms in total. The van der Waals surface area contributed by atoms with Gasteiger partial charge in [0, 0.05) is 35.3 Å². The molecule has 0 aromatic heterocycles. The van der Waals surface area contributed by atoms with E-state index in [1.54, 1.807) is 0 Å². The molecule has 0 spiro atoms. The van der Waals surface area contributed by atoms with Gasteiger partial charge < -0.3 is 24.6 Å². The van der Waals surface area contributed by atoms with Gasteiger partial charge in [-0.3, -0.25) is 4.79 Å². The average molecular weight is 474 g/mol. The number of carbonyl (C=O) groups is 1. The molecular formula is C20H43NO5S3. The first-order valence-corrected chi connectivity index (χ1v) is 13.4. The molecule has 0 aromatic rings. The summed E-state index contributed by atoms with van der Waals surface area (Å²) in [5.74, 6) is 4.25. The van der Waals surface area contributed by atoms with Gasteiger partial charge in [-0.2, -0.15) is 36.2 Å². The predicted molar refractivity (Wildman–Crippen MR) is 131 cm³/mol. The molecule has 0 heterocycles. The van der Waals surface area contributed by atoms with E-state index in [4.69, 9.17) is 19.3 Å². The molecule has 0 aliphatic heterocycles. The third-order valence-corrected chi connectivity index (χ3v) is 5.83. The Morgan fingerprint density at radius 2 is 1.52 bits per heavy atom. The third kappa shape index (κ3) is 28.4. The van der Waals surface area contributed by atoms with Crippen molar-refractivity contribution in [2.45, 2.75) is 46.1 Å². The number of thioether (sulfide) groups is 2. The van der Waals surface area contributed by atoms with Crippen LogP contribution in [0.5, 0.6) is 0 Å². The number of hydrogen-bond donors (Lipinski definition) is 3. The van der Waals surface area contributed by atoms with Gasteiger partial charge in [-0.15, -0.1) is 0 Å². The van der Waals surface area contributed by atoms with Crippen molar-refractivity contribution in [1.82, 2.24) is 5.32 Å². The summed E-state index contributed by atoms with van der Waals surface area (Å²) in [4.78, 5) is 10.4. The highest BCUT2D eigenvalue weighted by Gasteiger charge is 2.17. The minimum absolute atomic E-state index is 0.160. The van der Waals surface area contributed by atoms with Crippen molar-refractivity contribution in [2.24, 2.45) is 0 Å². The van der Waals surface area contributed by atoms with Crippen molar-refractivity contribution >= 4 is 42.1 Å². The number of carboxylic acids is 1. The lowest BCUT2D eigenvalue weighted by Gasteiger charge is -2.25. The zero-order chi connectivity index (χ0) is 22.2. The quantitative estimate of drug-likeness (QED) is 0.172. The number of carboxylic acid groups (broad SMARTS) is 1. The Kier molecular flexibility index (Phi) is 26.8. The Balaban J connectivity index is 0. The van der Waals surface area contributed by atoms with E-state index in [0.717, 1.165) is 54.9 Å². The standard InChI is InChI=1S/C18H37NO5S3.C2H6/c1-18(2,4-6-19-5-3-17(20)21)24-11-14-27-16-15-26-13-10-23-8-7-22-9-12-25;1-2/h19,25H,3-16H2,1-2H3,(H,20,21);1-2H3. The van der Waals surface area contributed by atoms with Gasteiger partial charge in [-0.05, 0) is 26.8 Å². The van der Waals surface area contributed by atoms with E-state index >= 15 is 0 Å². The van der Waals surface area contributed by atoms with Crippen LogP contribution in [0, 0.1) is 0 Å². The first kappa shape index (κ1) is 31.5. The van der Waals surface area contributed by atoms with Crippen LogP contribution in [0.25, 0.3) is 0 Å². The summed E-state index contributed by atoms with van der Waals surface area (Å²) in [5.41, 5.74) is -0.181. The summed E-state index contributed by atoms with van der Waals surface area (Å²) in [6.07, 6.45) is 1.03. The highest BCUT2D eigenvalue weighted by atomic mass is 32.2. The Morgan fingerprint density at radius 1 is 0.931 bits per heavy atom. The van der Waals surface area contributed by atoms with Crippen LogP contribution in [-0.4, -0.2) is 91.6 Å². The van der Waals surface area contributed by atoms with Gasteiger partial charge >= 0.3 is 5.97 Å². The monoisotopic (exact) mass is 473 g/mol. The van der Waals surface area contributed by atoms with Crippen LogP contribution >= 0.6 is 36.2 Å². The van der Waals surface area contributed by atoms with Crippen LogP contribution in [0.15, 0.2) is 0 Å². The van der Waals surface area contributed by atoms with Crippen LogP contribution in [0.1, 0.15) is 40.5 Å². The maximum absolute atomic E-state index is 10.4. The predicted octanol–water partition coefficient (Wildman–Crippen LogP) is 3.69. The minimum Gasteiger partial charge on any atom is -0.481 e. The lowest BCUT2D eigenvalue weighted by atomic mass is 10.1. The lowest BCUT2D eigenvalue weighted by Crippen LogP contribution is -2.31. The number of hydrogen-bond acceptors (Lipinski definition) is 8. The molecule has 0 fully saturated rings. The molecule has 176 valence electrons. The topological polar surface area (TPSA) is 77.0 Å². The number of thiol groups is 1. The Bertz CT molecular complexity index is 350. The molecule has 9 heteroatoms. The van der Waals surface area contributed by atoms with Gasteiger partial charge in [0.25, 0.3) is 0 Å². The van der Waals surface area contributed by atoms with E-state index in [-0.39, 0.29) is 12.0 Å². The number of rotatable bonds is 21. The molecule has 0 amide bonds. The van der Waals surface area contributed by atoms with Crippen LogP contribution in [0.4, 0.5) is 0 Å². The summed E-state index contributed by atoms with van der Waals surface area (Å²) in [7, 11) is 0. The molecule has 29 heavy (non-hydrogen) atoms. The molecule has 0 bridgehead atoms. The van der Waals surface area contributed by atoms with Gasteiger partial charge in [0.15, 0.2) is 0 Å². The summed E-state index contributed by atoms with van der Waals surface area (Å²) in [5, 5.41) is 11.7. The summed E-state index contributed by atoms with van der Waals surface area (Å²) in [6, 6.07) is 0. The molecular weight excluding hydrogens is 430 g/mol. The van der Waals surface area contributed by atoms with Crippen molar-refractivity contribution in [3.05, 3.63) is 0 Å². The van der Waals surface area contributed by atoms with Crippen molar-refractivity contribution in [3.63, 3.8) is 0 Å². The summed E-state index contributed by atoms with van der Waals surface area (Å²) < 4.78 is 16.7. The Hall–Kier alpha value is 0.360. The van der Waals surface area contributed by atoms with Crippen molar-refractivity contribution < 1.29 is 24.1 Å². The van der Waals surface area contributed by atoms with E-state index in [9.17, 15) is 4.79 Å². The van der Waals surface area contributed by atoms with E-state index in [2.05, 4.69) is 31.8 Å². The zero-order valence-electron chi connectivity index (χ0n) is 18.7. The van der Waals surface area contributed by atoms with Crippen LogP contribution in [-0.2, 0) is 19.0 Å². The molecule has 0 atom stereocenters. The minimum atomic E-state index is -0.768. The largest absolute Gasteiger partial charge is 0.481 e. The second-order valence-corrected chi connectivity index (χ2v) is 9.32. The van der Waals surface area contributed by atoms with Crippen LogP contribution in [0.3, 0.4) is 0 Å². The molecule has 0 aliphatic rings. The first-order chi connectivity index (χ1) is 14.0. The molecule has 0 radical (unpaired) electrons. The SMILES string of the molecule is CC.CC(C)(CCNCCC(=O)O)OCCSCCSCCOCCOCCS. The molecule has 0 unspecified atom stereocenters. The maximum atomic E-state index is 10.4. The fraction of sp³-hybridized carbons (Fsp3) is 0.950.